The molecule has 5 nitrogen and oxygen atoms in total. The van der Waals surface area contributed by atoms with E-state index in [1.54, 1.807) is 6.07 Å². The summed E-state index contributed by atoms with van der Waals surface area (Å²) in [5.41, 5.74) is 1.99. The van der Waals surface area contributed by atoms with Crippen molar-refractivity contribution in [1.82, 2.24) is 0 Å². The average Bonchev–Trinajstić information content (AvgIpc) is 2.68. The molecule has 1 aromatic heterocycles. The van der Waals surface area contributed by atoms with E-state index >= 15 is 0 Å². The Morgan fingerprint density at radius 1 is 1.12 bits per heavy atom. The number of nitrogens with zero attached hydrogens (tertiary/aromatic N) is 1. The molecule has 3 rings (SSSR count). The van der Waals surface area contributed by atoms with Crippen molar-refractivity contribution in [3.8, 4) is 0 Å². The first kappa shape index (κ1) is 17.9. The molecule has 0 saturated heterocycles. The van der Waals surface area contributed by atoms with E-state index in [1.165, 1.54) is 0 Å². The van der Waals surface area contributed by atoms with Crippen molar-refractivity contribution in [2.24, 2.45) is 0 Å². The van der Waals surface area contributed by atoms with Gasteiger partial charge in [-0.2, -0.15) is 0 Å². The lowest BCUT2D eigenvalue weighted by atomic mass is 10.1. The molecule has 0 radical (unpaired) electrons. The third-order valence-corrected chi connectivity index (χ3v) is 4.24. The number of rotatable bonds is 8. The summed E-state index contributed by atoms with van der Waals surface area (Å²) >= 11 is 0. The van der Waals surface area contributed by atoms with Gasteiger partial charge < -0.3 is 14.1 Å². The Bertz CT molecular complexity index is 934. The maximum Gasteiger partial charge on any atom is 0.346 e. The molecule has 3 aromatic rings. The maximum atomic E-state index is 11.7. The number of hydrogen-bond acceptors (Lipinski definition) is 5. The molecule has 5 heteroatoms. The van der Waals surface area contributed by atoms with E-state index in [9.17, 15) is 9.59 Å². The first-order valence-corrected chi connectivity index (χ1v) is 8.61. The minimum absolute atomic E-state index is 0.0342. The number of anilines is 1. The second-order valence-corrected chi connectivity index (χ2v) is 5.95. The largest absolute Gasteiger partial charge is 0.422 e. The monoisotopic (exact) mass is 351 g/mol. The standard InChI is InChI=1S/C21H21NO4/c1-2-22(10-11-25-15-16-6-4-3-5-7-16)19-9-8-17-12-18(14-23)21(24)26-20(17)13-19/h3-9,12-14H,2,10-11,15H2,1H3. The fourth-order valence-corrected chi connectivity index (χ4v) is 2.80. The Kier molecular flexibility index (Phi) is 5.81. The lowest BCUT2D eigenvalue weighted by Crippen LogP contribution is -2.27. The maximum absolute atomic E-state index is 11.7. The first-order valence-electron chi connectivity index (χ1n) is 8.61. The zero-order chi connectivity index (χ0) is 18.4. The lowest BCUT2D eigenvalue weighted by Gasteiger charge is -2.23. The third kappa shape index (κ3) is 4.18. The second kappa shape index (κ2) is 8.45. The van der Waals surface area contributed by atoms with E-state index in [0.29, 0.717) is 25.1 Å². The van der Waals surface area contributed by atoms with Gasteiger partial charge in [0.25, 0.3) is 0 Å². The summed E-state index contributed by atoms with van der Waals surface area (Å²) in [6, 6.07) is 17.2. The Labute approximate surface area is 151 Å². The molecule has 0 amide bonds. The van der Waals surface area contributed by atoms with Crippen LogP contribution >= 0.6 is 0 Å². The van der Waals surface area contributed by atoms with E-state index in [1.807, 2.05) is 48.5 Å². The Morgan fingerprint density at radius 2 is 1.92 bits per heavy atom. The predicted octanol–water partition coefficient (Wildman–Crippen LogP) is 3.65. The number of carbonyl (C=O) groups is 1. The van der Waals surface area contributed by atoms with Crippen molar-refractivity contribution in [3.63, 3.8) is 0 Å². The average molecular weight is 351 g/mol. The van der Waals surface area contributed by atoms with Crippen LogP contribution in [0.15, 0.2) is 63.8 Å². The van der Waals surface area contributed by atoms with Crippen molar-refractivity contribution in [1.29, 1.82) is 0 Å². The van der Waals surface area contributed by atoms with Gasteiger partial charge in [-0.1, -0.05) is 30.3 Å². The number of fused-ring (bicyclic) bond motifs is 1. The van der Waals surface area contributed by atoms with E-state index in [4.69, 9.17) is 9.15 Å². The van der Waals surface area contributed by atoms with Crippen LogP contribution in [0.5, 0.6) is 0 Å². The van der Waals surface area contributed by atoms with Gasteiger partial charge in [-0.25, -0.2) is 4.79 Å². The number of likely N-dealkylation sites (N-methyl/N-ethyl adjacent to an activating group) is 1. The van der Waals surface area contributed by atoms with Gasteiger partial charge in [0.15, 0.2) is 6.29 Å². The SMILES string of the molecule is CCN(CCOCc1ccccc1)c1ccc2cc(C=O)c(=O)oc2c1. The van der Waals surface area contributed by atoms with Gasteiger partial charge in [0.2, 0.25) is 0 Å². The van der Waals surface area contributed by atoms with Crippen LogP contribution in [0.4, 0.5) is 5.69 Å². The van der Waals surface area contributed by atoms with Crippen LogP contribution in [0.2, 0.25) is 0 Å². The van der Waals surface area contributed by atoms with Crippen LogP contribution in [0.25, 0.3) is 11.0 Å². The quantitative estimate of drug-likeness (QED) is 0.352. The highest BCUT2D eigenvalue weighted by atomic mass is 16.5. The Balaban J connectivity index is 1.67. The Morgan fingerprint density at radius 3 is 2.65 bits per heavy atom. The van der Waals surface area contributed by atoms with Gasteiger partial charge in [0, 0.05) is 30.2 Å². The Hall–Kier alpha value is -2.92. The zero-order valence-electron chi connectivity index (χ0n) is 14.7. The number of carbonyl (C=O) groups excluding carboxylic acids is 1. The normalized spacial score (nSPS) is 10.8. The van der Waals surface area contributed by atoms with Gasteiger partial charge in [0.1, 0.15) is 11.1 Å². The predicted molar refractivity (Wildman–Crippen MR) is 102 cm³/mol. The van der Waals surface area contributed by atoms with Gasteiger partial charge >= 0.3 is 5.63 Å². The van der Waals surface area contributed by atoms with E-state index in [-0.39, 0.29) is 5.56 Å². The highest BCUT2D eigenvalue weighted by molar-refractivity contribution is 5.86. The van der Waals surface area contributed by atoms with Crippen LogP contribution in [-0.4, -0.2) is 26.0 Å². The molecule has 0 aliphatic carbocycles. The molecule has 2 aromatic carbocycles. The summed E-state index contributed by atoms with van der Waals surface area (Å²) in [7, 11) is 0. The highest BCUT2D eigenvalue weighted by Crippen LogP contribution is 2.21. The van der Waals surface area contributed by atoms with Crippen molar-refractivity contribution < 1.29 is 13.9 Å². The first-order chi connectivity index (χ1) is 12.7. The topological polar surface area (TPSA) is 59.8 Å². The molecule has 134 valence electrons. The summed E-state index contributed by atoms with van der Waals surface area (Å²) in [5.74, 6) is 0. The van der Waals surface area contributed by atoms with Crippen LogP contribution in [0, 0.1) is 0 Å². The molecule has 0 saturated carbocycles. The fourth-order valence-electron chi connectivity index (χ4n) is 2.80. The molecule has 1 heterocycles. The summed E-state index contributed by atoms with van der Waals surface area (Å²) in [5, 5.41) is 0.729. The number of aldehydes is 1. The van der Waals surface area contributed by atoms with Gasteiger partial charge in [-0.3, -0.25) is 4.79 Å². The summed E-state index contributed by atoms with van der Waals surface area (Å²) < 4.78 is 11.0. The number of ether oxygens (including phenoxy) is 1. The molecular formula is C21H21NO4. The van der Waals surface area contributed by atoms with Crippen molar-refractivity contribution in [3.05, 3.63) is 76.1 Å². The van der Waals surface area contributed by atoms with Gasteiger partial charge in [0.05, 0.1) is 13.2 Å². The van der Waals surface area contributed by atoms with Crippen LogP contribution < -0.4 is 10.5 Å². The molecule has 0 fully saturated rings. The lowest BCUT2D eigenvalue weighted by molar-refractivity contribution is 0.112. The fraction of sp³-hybridized carbons (Fsp3) is 0.238. The van der Waals surface area contributed by atoms with Gasteiger partial charge in [-0.05, 0) is 30.7 Å². The molecule has 0 atom stereocenters. The van der Waals surface area contributed by atoms with E-state index < -0.39 is 5.63 Å². The minimum atomic E-state index is -0.612. The number of benzene rings is 2. The molecule has 0 N–H and O–H groups in total. The molecule has 0 aliphatic heterocycles. The summed E-state index contributed by atoms with van der Waals surface area (Å²) in [6.07, 6.45) is 0.515. The molecule has 26 heavy (non-hydrogen) atoms. The molecule has 0 aliphatic rings. The third-order valence-electron chi connectivity index (χ3n) is 4.24. The van der Waals surface area contributed by atoms with Crippen molar-refractivity contribution >= 4 is 22.9 Å². The van der Waals surface area contributed by atoms with E-state index in [0.717, 1.165) is 29.7 Å². The van der Waals surface area contributed by atoms with Crippen LogP contribution in [-0.2, 0) is 11.3 Å². The second-order valence-electron chi connectivity index (χ2n) is 5.95. The molecular weight excluding hydrogens is 330 g/mol. The van der Waals surface area contributed by atoms with Crippen molar-refractivity contribution in [2.75, 3.05) is 24.6 Å². The van der Waals surface area contributed by atoms with Crippen molar-refractivity contribution in [2.45, 2.75) is 13.5 Å². The highest BCUT2D eigenvalue weighted by Gasteiger charge is 2.09. The summed E-state index contributed by atoms with van der Waals surface area (Å²) in [4.78, 5) is 24.7. The zero-order valence-corrected chi connectivity index (χ0v) is 14.7. The van der Waals surface area contributed by atoms with Crippen LogP contribution in [0.1, 0.15) is 22.8 Å². The molecule has 0 bridgehead atoms. The number of hydrogen-bond donors (Lipinski definition) is 0. The minimum Gasteiger partial charge on any atom is -0.422 e. The van der Waals surface area contributed by atoms with Crippen LogP contribution in [0.3, 0.4) is 0 Å². The smallest absolute Gasteiger partial charge is 0.346 e. The molecule has 0 unspecified atom stereocenters. The van der Waals surface area contributed by atoms with E-state index in [2.05, 4.69) is 11.8 Å². The summed E-state index contributed by atoms with van der Waals surface area (Å²) in [6.45, 7) is 4.77. The molecule has 0 spiro atoms. The van der Waals surface area contributed by atoms with Gasteiger partial charge in [-0.15, -0.1) is 0 Å².